The summed E-state index contributed by atoms with van der Waals surface area (Å²) in [5.41, 5.74) is 0.475. The molecule has 0 N–H and O–H groups in total. The third-order valence-electron chi connectivity index (χ3n) is 5.28. The van der Waals surface area contributed by atoms with E-state index in [1.54, 1.807) is 19.9 Å². The Balaban J connectivity index is 2.10. The van der Waals surface area contributed by atoms with Crippen molar-refractivity contribution in [2.75, 3.05) is 37.9 Å². The second-order valence-electron chi connectivity index (χ2n) is 7.20. The van der Waals surface area contributed by atoms with Gasteiger partial charge in [-0.05, 0) is 45.2 Å². The molecule has 7 nitrogen and oxygen atoms in total. The van der Waals surface area contributed by atoms with Crippen molar-refractivity contribution < 1.29 is 17.9 Å². The Bertz CT molecular complexity index is 750. The van der Waals surface area contributed by atoms with Gasteiger partial charge in [0.15, 0.2) is 9.84 Å². The number of anilines is 1. The van der Waals surface area contributed by atoms with Crippen LogP contribution in [-0.2, 0) is 24.1 Å². The fourth-order valence-electron chi connectivity index (χ4n) is 3.69. The molecular formula is C17H26ClN3O4S. The van der Waals surface area contributed by atoms with Gasteiger partial charge in [0.25, 0.3) is 0 Å². The van der Waals surface area contributed by atoms with E-state index >= 15 is 0 Å². The smallest absolute Gasteiger partial charge is 0.224 e. The first-order valence-corrected chi connectivity index (χ1v) is 10.9. The molecule has 0 amide bonds. The van der Waals surface area contributed by atoms with Crippen molar-refractivity contribution in [2.45, 2.75) is 49.7 Å². The van der Waals surface area contributed by atoms with Crippen LogP contribution >= 0.6 is 11.6 Å². The molecule has 1 aromatic heterocycles. The summed E-state index contributed by atoms with van der Waals surface area (Å²) in [4.78, 5) is 10.8. The second kappa shape index (κ2) is 7.58. The Morgan fingerprint density at radius 1 is 1.23 bits per heavy atom. The van der Waals surface area contributed by atoms with Gasteiger partial charge in [0.1, 0.15) is 10.6 Å². The molecule has 0 spiro atoms. The lowest BCUT2D eigenvalue weighted by molar-refractivity contribution is 0.0727. The Kier molecular flexibility index (Phi) is 5.77. The average molecular weight is 404 g/mol. The number of morpholine rings is 1. The molecule has 1 atom stereocenters. The van der Waals surface area contributed by atoms with Gasteiger partial charge >= 0.3 is 0 Å². The van der Waals surface area contributed by atoms with Crippen molar-refractivity contribution in [3.63, 3.8) is 0 Å². The normalized spacial score (nSPS) is 24.0. The molecule has 1 aromatic rings. The molecule has 0 saturated carbocycles. The number of halogens is 1. The van der Waals surface area contributed by atoms with Gasteiger partial charge in [0.05, 0.1) is 30.2 Å². The number of ether oxygens (including phenoxy) is 2. The molecule has 0 bridgehead atoms. The molecule has 146 valence electrons. The van der Waals surface area contributed by atoms with E-state index in [4.69, 9.17) is 21.1 Å². The predicted octanol–water partition coefficient (Wildman–Crippen LogP) is 2.18. The van der Waals surface area contributed by atoms with E-state index < -0.39 is 19.8 Å². The maximum atomic E-state index is 13.3. The zero-order chi connectivity index (χ0) is 18.9. The second-order valence-corrected chi connectivity index (χ2v) is 10.4. The number of hydrogen-bond acceptors (Lipinski definition) is 7. The minimum Gasteiger partial charge on any atom is -0.381 e. The lowest BCUT2D eigenvalue weighted by Gasteiger charge is -2.39. The predicted molar refractivity (Wildman–Crippen MR) is 100 cm³/mol. The van der Waals surface area contributed by atoms with Crippen LogP contribution in [0.5, 0.6) is 0 Å². The molecule has 2 aliphatic rings. The van der Waals surface area contributed by atoms with Crippen molar-refractivity contribution in [1.29, 1.82) is 0 Å². The average Bonchev–Trinajstić information content (AvgIpc) is 2.62. The fourth-order valence-corrected chi connectivity index (χ4v) is 5.90. The highest BCUT2D eigenvalue weighted by Crippen LogP contribution is 2.42. The lowest BCUT2D eigenvalue weighted by atomic mass is 9.94. The highest BCUT2D eigenvalue weighted by atomic mass is 35.5. The topological polar surface area (TPSA) is 81.6 Å². The standard InChI is InChI=1S/C17H26ClN3O4S/c1-12(2)26(22,23)17(4-7-24-8-5-17)14-10-15(20-16(18)19-14)21-6-9-25-11-13(21)3/h10,12-13H,4-9,11H2,1-3H3. The van der Waals surface area contributed by atoms with Crippen LogP contribution in [0.15, 0.2) is 6.07 Å². The van der Waals surface area contributed by atoms with Gasteiger partial charge in [0.2, 0.25) is 5.28 Å². The van der Waals surface area contributed by atoms with Crippen LogP contribution in [0.1, 0.15) is 39.3 Å². The summed E-state index contributed by atoms with van der Waals surface area (Å²) in [6, 6.07) is 1.92. The molecule has 1 unspecified atom stereocenters. The number of aromatic nitrogens is 2. The lowest BCUT2D eigenvalue weighted by Crippen LogP contribution is -2.46. The molecule has 3 rings (SSSR count). The SMILES string of the molecule is CC1COCCN1c1cc(C2(S(=O)(=O)C(C)C)CCOCC2)nc(Cl)n1. The molecule has 9 heteroatoms. The Morgan fingerprint density at radius 3 is 2.54 bits per heavy atom. The van der Waals surface area contributed by atoms with E-state index in [-0.39, 0.29) is 11.3 Å². The van der Waals surface area contributed by atoms with Crippen LogP contribution in [0, 0.1) is 0 Å². The molecule has 3 heterocycles. The van der Waals surface area contributed by atoms with E-state index in [1.807, 2.05) is 6.92 Å². The zero-order valence-corrected chi connectivity index (χ0v) is 17.0. The van der Waals surface area contributed by atoms with Crippen LogP contribution in [0.2, 0.25) is 5.28 Å². The molecule has 26 heavy (non-hydrogen) atoms. The quantitative estimate of drug-likeness (QED) is 0.712. The van der Waals surface area contributed by atoms with Gasteiger partial charge < -0.3 is 14.4 Å². The minimum atomic E-state index is -3.46. The van der Waals surface area contributed by atoms with Crippen molar-refractivity contribution in [2.24, 2.45) is 0 Å². The third kappa shape index (κ3) is 3.44. The van der Waals surface area contributed by atoms with Crippen LogP contribution in [0.25, 0.3) is 0 Å². The van der Waals surface area contributed by atoms with Crippen molar-refractivity contribution in [1.82, 2.24) is 9.97 Å². The van der Waals surface area contributed by atoms with E-state index in [1.165, 1.54) is 0 Å². The van der Waals surface area contributed by atoms with Crippen molar-refractivity contribution in [3.8, 4) is 0 Å². The van der Waals surface area contributed by atoms with Crippen LogP contribution in [0.4, 0.5) is 5.82 Å². The maximum absolute atomic E-state index is 13.3. The summed E-state index contributed by atoms with van der Waals surface area (Å²) in [7, 11) is -3.46. The molecule has 0 aliphatic carbocycles. The fraction of sp³-hybridized carbons (Fsp3) is 0.765. The number of rotatable bonds is 4. The number of nitrogens with zero attached hydrogens (tertiary/aromatic N) is 3. The molecule has 0 radical (unpaired) electrons. The van der Waals surface area contributed by atoms with Gasteiger partial charge in [-0.1, -0.05) is 0 Å². The monoisotopic (exact) mass is 403 g/mol. The molecule has 0 aromatic carbocycles. The van der Waals surface area contributed by atoms with E-state index in [2.05, 4.69) is 14.9 Å². The summed E-state index contributed by atoms with van der Waals surface area (Å²) < 4.78 is 36.4. The number of sulfone groups is 1. The van der Waals surface area contributed by atoms with Crippen LogP contribution < -0.4 is 4.90 Å². The van der Waals surface area contributed by atoms with Crippen LogP contribution in [0.3, 0.4) is 0 Å². The largest absolute Gasteiger partial charge is 0.381 e. The Morgan fingerprint density at radius 2 is 1.92 bits per heavy atom. The summed E-state index contributed by atoms with van der Waals surface area (Å²) in [5, 5.41) is -0.443. The summed E-state index contributed by atoms with van der Waals surface area (Å²) in [6.07, 6.45) is 0.748. The maximum Gasteiger partial charge on any atom is 0.224 e. The highest BCUT2D eigenvalue weighted by Gasteiger charge is 2.49. The summed E-state index contributed by atoms with van der Waals surface area (Å²) in [5.74, 6) is 0.653. The van der Waals surface area contributed by atoms with E-state index in [9.17, 15) is 8.42 Å². The van der Waals surface area contributed by atoms with Crippen LogP contribution in [-0.4, -0.2) is 62.6 Å². The highest BCUT2D eigenvalue weighted by molar-refractivity contribution is 7.92. The Hall–Kier alpha value is -0.960. The van der Waals surface area contributed by atoms with Crippen molar-refractivity contribution >= 4 is 27.3 Å². The first-order valence-electron chi connectivity index (χ1n) is 8.98. The van der Waals surface area contributed by atoms with Gasteiger partial charge in [-0.2, -0.15) is 0 Å². The molecule has 2 aliphatic heterocycles. The number of hydrogen-bond donors (Lipinski definition) is 0. The van der Waals surface area contributed by atoms with Gasteiger partial charge in [-0.15, -0.1) is 0 Å². The van der Waals surface area contributed by atoms with Crippen molar-refractivity contribution in [3.05, 3.63) is 17.0 Å². The molecule has 2 saturated heterocycles. The van der Waals surface area contributed by atoms with E-state index in [0.29, 0.717) is 57.3 Å². The van der Waals surface area contributed by atoms with Gasteiger partial charge in [-0.25, -0.2) is 18.4 Å². The summed E-state index contributed by atoms with van der Waals surface area (Å²) >= 11 is 6.22. The zero-order valence-electron chi connectivity index (χ0n) is 15.4. The minimum absolute atomic E-state index is 0.0704. The van der Waals surface area contributed by atoms with Gasteiger partial charge in [0, 0.05) is 25.8 Å². The molecule has 2 fully saturated rings. The van der Waals surface area contributed by atoms with Gasteiger partial charge in [-0.3, -0.25) is 0 Å². The first kappa shape index (κ1) is 19.8. The molecular weight excluding hydrogens is 378 g/mol. The third-order valence-corrected chi connectivity index (χ3v) is 8.40. The first-order chi connectivity index (χ1) is 12.3. The Labute approximate surface area is 160 Å². The summed E-state index contributed by atoms with van der Waals surface area (Å²) in [6.45, 7) is 8.12. The van der Waals surface area contributed by atoms with E-state index in [0.717, 1.165) is 0 Å².